The van der Waals surface area contributed by atoms with Crippen LogP contribution in [-0.4, -0.2) is 50.3 Å². The van der Waals surface area contributed by atoms with Crippen LogP contribution in [0.25, 0.3) is 16.9 Å². The van der Waals surface area contributed by atoms with Gasteiger partial charge in [-0.15, -0.1) is 10.2 Å². The molecule has 2 bridgehead atoms. The molecular weight excluding hydrogens is 378 g/mol. The third-order valence-corrected chi connectivity index (χ3v) is 6.56. The van der Waals surface area contributed by atoms with Crippen molar-refractivity contribution >= 4 is 11.5 Å². The van der Waals surface area contributed by atoms with E-state index in [1.807, 2.05) is 31.2 Å². The molecule has 5 rings (SSSR count). The van der Waals surface area contributed by atoms with Crippen LogP contribution in [0, 0.1) is 6.92 Å². The van der Waals surface area contributed by atoms with Crippen molar-refractivity contribution < 1.29 is 5.11 Å². The lowest BCUT2D eigenvalue weighted by atomic mass is 9.98. The second-order valence-corrected chi connectivity index (χ2v) is 8.45. The molecule has 30 heavy (non-hydrogen) atoms. The number of nitrogens with zero attached hydrogens (tertiary/aromatic N) is 5. The van der Waals surface area contributed by atoms with Crippen molar-refractivity contribution in [1.82, 2.24) is 25.3 Å². The van der Waals surface area contributed by atoms with Crippen LogP contribution in [0.4, 0.5) is 11.5 Å². The predicted octanol–water partition coefficient (Wildman–Crippen LogP) is 2.64. The normalized spacial score (nSPS) is 22.9. The fourth-order valence-electron chi connectivity index (χ4n) is 4.74. The predicted molar refractivity (Wildman–Crippen MR) is 117 cm³/mol. The molecule has 2 aliphatic heterocycles. The summed E-state index contributed by atoms with van der Waals surface area (Å²) in [5.41, 5.74) is 9.35. The van der Waals surface area contributed by atoms with Gasteiger partial charge in [0.05, 0.1) is 29.0 Å². The van der Waals surface area contributed by atoms with Crippen LogP contribution in [0.3, 0.4) is 0 Å². The smallest absolute Gasteiger partial charge is 0.151 e. The number of anilines is 2. The fraction of sp³-hybridized carbons (Fsp3) is 0.409. The van der Waals surface area contributed by atoms with E-state index in [0.717, 1.165) is 30.0 Å². The second kappa shape index (κ2) is 7.28. The molecule has 4 N–H and O–H groups in total. The Labute approximate surface area is 175 Å². The van der Waals surface area contributed by atoms with Gasteiger partial charge < -0.3 is 21.1 Å². The highest BCUT2D eigenvalue weighted by molar-refractivity contribution is 5.69. The summed E-state index contributed by atoms with van der Waals surface area (Å²) >= 11 is 0. The number of nitrogens with one attached hydrogen (secondary N) is 1. The molecule has 3 aromatic rings. The van der Waals surface area contributed by atoms with Crippen LogP contribution in [0.5, 0.6) is 5.75 Å². The number of hydrogen-bond acceptors (Lipinski definition) is 7. The lowest BCUT2D eigenvalue weighted by Crippen LogP contribution is -2.47. The summed E-state index contributed by atoms with van der Waals surface area (Å²) in [5, 5.41) is 27.4. The topological polar surface area (TPSA) is 105 Å². The molecule has 0 aliphatic carbocycles. The Morgan fingerprint density at radius 1 is 1.13 bits per heavy atom. The Kier molecular flexibility index (Phi) is 4.58. The minimum absolute atomic E-state index is 0.131. The van der Waals surface area contributed by atoms with E-state index in [2.05, 4.69) is 32.6 Å². The van der Waals surface area contributed by atoms with Crippen molar-refractivity contribution in [2.45, 2.75) is 50.7 Å². The zero-order valence-electron chi connectivity index (χ0n) is 17.3. The van der Waals surface area contributed by atoms with E-state index in [-0.39, 0.29) is 5.75 Å². The molecule has 2 aliphatic rings. The summed E-state index contributed by atoms with van der Waals surface area (Å²) in [5.74, 6) is 0.995. The van der Waals surface area contributed by atoms with Gasteiger partial charge in [0.2, 0.25) is 0 Å². The molecule has 0 spiro atoms. The van der Waals surface area contributed by atoms with Gasteiger partial charge in [-0.05, 0) is 56.9 Å². The maximum Gasteiger partial charge on any atom is 0.151 e. The lowest BCUT2D eigenvalue weighted by Gasteiger charge is -2.36. The summed E-state index contributed by atoms with van der Waals surface area (Å²) in [6.07, 6.45) is 6.46. The first-order valence-electron chi connectivity index (χ1n) is 10.5. The molecule has 3 atom stereocenters. The fourth-order valence-corrected chi connectivity index (χ4v) is 4.74. The Hall–Kier alpha value is -3.13. The van der Waals surface area contributed by atoms with Crippen molar-refractivity contribution in [2.75, 3.05) is 17.7 Å². The number of aromatic hydroxyl groups is 1. The molecule has 156 valence electrons. The van der Waals surface area contributed by atoms with Gasteiger partial charge in [0.25, 0.3) is 0 Å². The average Bonchev–Trinajstić information content (AvgIpc) is 3.28. The standard InChI is InChI=1S/C22H27N7O/c1-13-19(23)12-24-29(13)16-5-6-18(21(30)11-16)20-7-8-22(27-26-20)28(2)17-9-14-3-4-15(10-17)25-14/h5-8,11-12,14-15,17,25,30H,3-4,9-10,23H2,1-2H3/t14-,15?,17?/m1/s1. The number of phenolic OH excluding ortho intramolecular Hbond substituents is 1. The lowest BCUT2D eigenvalue weighted by molar-refractivity contribution is 0.353. The van der Waals surface area contributed by atoms with Gasteiger partial charge in [-0.2, -0.15) is 5.10 Å². The van der Waals surface area contributed by atoms with Crippen LogP contribution < -0.4 is 16.0 Å². The van der Waals surface area contributed by atoms with Crippen LogP contribution in [0.2, 0.25) is 0 Å². The van der Waals surface area contributed by atoms with Gasteiger partial charge in [0, 0.05) is 36.8 Å². The third kappa shape index (κ3) is 3.27. The number of benzene rings is 1. The average molecular weight is 406 g/mol. The molecule has 0 amide bonds. The largest absolute Gasteiger partial charge is 0.507 e. The number of rotatable bonds is 4. The number of hydrogen-bond donors (Lipinski definition) is 3. The summed E-state index contributed by atoms with van der Waals surface area (Å²) < 4.78 is 1.70. The van der Waals surface area contributed by atoms with E-state index in [1.165, 1.54) is 12.8 Å². The molecule has 4 heterocycles. The van der Waals surface area contributed by atoms with Crippen molar-refractivity contribution in [1.29, 1.82) is 0 Å². The minimum Gasteiger partial charge on any atom is -0.507 e. The quantitative estimate of drug-likeness (QED) is 0.613. The Morgan fingerprint density at radius 3 is 2.50 bits per heavy atom. The zero-order valence-corrected chi connectivity index (χ0v) is 17.3. The van der Waals surface area contributed by atoms with E-state index in [0.29, 0.717) is 35.1 Å². The van der Waals surface area contributed by atoms with Crippen molar-refractivity contribution in [3.63, 3.8) is 0 Å². The van der Waals surface area contributed by atoms with E-state index < -0.39 is 0 Å². The maximum atomic E-state index is 10.6. The SMILES string of the molecule is Cc1c(N)cnn1-c1ccc(-c2ccc(N(C)C3CC4CC[C@H](C3)N4)nn2)c(O)c1. The molecule has 0 saturated carbocycles. The Balaban J connectivity index is 1.36. The Morgan fingerprint density at radius 2 is 1.90 bits per heavy atom. The molecule has 8 heteroatoms. The molecule has 0 radical (unpaired) electrons. The summed E-state index contributed by atoms with van der Waals surface area (Å²) in [6, 6.07) is 11.0. The number of fused-ring (bicyclic) bond motifs is 2. The van der Waals surface area contributed by atoms with Gasteiger partial charge in [-0.3, -0.25) is 0 Å². The van der Waals surface area contributed by atoms with Gasteiger partial charge in [0.15, 0.2) is 5.82 Å². The van der Waals surface area contributed by atoms with Crippen LogP contribution in [0.15, 0.2) is 36.5 Å². The highest BCUT2D eigenvalue weighted by Gasteiger charge is 2.35. The number of nitrogens with two attached hydrogens (primary N) is 1. The maximum absolute atomic E-state index is 10.6. The first-order valence-corrected chi connectivity index (χ1v) is 10.5. The Bertz CT molecular complexity index is 1050. The van der Waals surface area contributed by atoms with Crippen molar-refractivity contribution in [3.05, 3.63) is 42.2 Å². The monoisotopic (exact) mass is 405 g/mol. The van der Waals surface area contributed by atoms with E-state index in [4.69, 9.17) is 5.73 Å². The first-order chi connectivity index (χ1) is 14.5. The molecule has 2 aromatic heterocycles. The second-order valence-electron chi connectivity index (χ2n) is 8.45. The van der Waals surface area contributed by atoms with E-state index in [9.17, 15) is 5.11 Å². The number of phenols is 1. The number of nitrogen functional groups attached to an aromatic ring is 1. The molecule has 8 nitrogen and oxygen atoms in total. The number of piperidine rings is 1. The van der Waals surface area contributed by atoms with E-state index >= 15 is 0 Å². The molecule has 2 unspecified atom stereocenters. The minimum atomic E-state index is 0.131. The zero-order chi connectivity index (χ0) is 20.8. The third-order valence-electron chi connectivity index (χ3n) is 6.56. The summed E-state index contributed by atoms with van der Waals surface area (Å²) in [7, 11) is 2.10. The van der Waals surface area contributed by atoms with Crippen LogP contribution in [0.1, 0.15) is 31.4 Å². The highest BCUT2D eigenvalue weighted by atomic mass is 16.3. The van der Waals surface area contributed by atoms with E-state index in [1.54, 1.807) is 16.9 Å². The first kappa shape index (κ1) is 18.9. The van der Waals surface area contributed by atoms with Gasteiger partial charge >= 0.3 is 0 Å². The van der Waals surface area contributed by atoms with Crippen molar-refractivity contribution in [2.24, 2.45) is 0 Å². The summed E-state index contributed by atoms with van der Waals surface area (Å²) in [6.45, 7) is 1.89. The molecule has 1 aromatic carbocycles. The summed E-state index contributed by atoms with van der Waals surface area (Å²) in [4.78, 5) is 2.25. The van der Waals surface area contributed by atoms with Crippen LogP contribution in [-0.2, 0) is 0 Å². The van der Waals surface area contributed by atoms with Gasteiger partial charge in [-0.1, -0.05) is 0 Å². The molecule has 2 fully saturated rings. The van der Waals surface area contributed by atoms with Gasteiger partial charge in [-0.25, -0.2) is 4.68 Å². The van der Waals surface area contributed by atoms with Crippen molar-refractivity contribution in [3.8, 4) is 22.7 Å². The molecule has 2 saturated heterocycles. The van der Waals surface area contributed by atoms with Crippen LogP contribution >= 0.6 is 0 Å². The van der Waals surface area contributed by atoms with Gasteiger partial charge in [0.1, 0.15) is 5.75 Å². The molecular formula is C22H27N7O. The number of aromatic nitrogens is 4. The highest BCUT2D eigenvalue weighted by Crippen LogP contribution is 2.33.